The Hall–Kier alpha value is -1.19. The van der Waals surface area contributed by atoms with Crippen molar-refractivity contribution in [1.29, 1.82) is 0 Å². The van der Waals surface area contributed by atoms with E-state index in [2.05, 4.69) is 0 Å². The molecular formula is C11H18O4. The number of ether oxygens (including phenoxy) is 1. The number of ketones is 2. The van der Waals surface area contributed by atoms with Crippen LogP contribution < -0.4 is 0 Å². The molecule has 0 bridgehead atoms. The maximum atomic E-state index is 11.2. The lowest BCUT2D eigenvalue weighted by Gasteiger charge is -2.18. The molecule has 0 spiro atoms. The Morgan fingerprint density at radius 3 is 1.93 bits per heavy atom. The summed E-state index contributed by atoms with van der Waals surface area (Å²) in [5, 5.41) is 0. The molecule has 0 saturated carbocycles. The van der Waals surface area contributed by atoms with Crippen LogP contribution in [0.1, 0.15) is 41.0 Å². The predicted molar refractivity (Wildman–Crippen MR) is 55.3 cm³/mol. The van der Waals surface area contributed by atoms with Crippen LogP contribution in [0.5, 0.6) is 0 Å². The summed E-state index contributed by atoms with van der Waals surface area (Å²) in [5.41, 5.74) is -0.701. The van der Waals surface area contributed by atoms with Crippen LogP contribution in [0.4, 0.5) is 0 Å². The molecule has 0 fully saturated rings. The average Bonchev–Trinajstić information content (AvgIpc) is 2.00. The lowest BCUT2D eigenvalue weighted by molar-refractivity contribution is -0.163. The van der Waals surface area contributed by atoms with Crippen molar-refractivity contribution >= 4 is 17.5 Å². The van der Waals surface area contributed by atoms with Crippen LogP contribution >= 0.6 is 0 Å². The number of Topliss-reactive ketones (excluding diaryl/α,β-unsaturated/α-hetero) is 2. The molecule has 0 rings (SSSR count). The monoisotopic (exact) mass is 214 g/mol. The van der Waals surface area contributed by atoms with Gasteiger partial charge in [-0.3, -0.25) is 9.59 Å². The Kier molecular flexibility index (Phi) is 4.65. The molecule has 15 heavy (non-hydrogen) atoms. The second-order valence-electron chi connectivity index (χ2n) is 4.72. The van der Waals surface area contributed by atoms with Gasteiger partial charge in [0.2, 0.25) is 5.78 Å². The van der Waals surface area contributed by atoms with E-state index in [0.29, 0.717) is 0 Å². The van der Waals surface area contributed by atoms with Crippen LogP contribution in [-0.4, -0.2) is 23.1 Å². The number of hydrogen-bond donors (Lipinski definition) is 0. The van der Waals surface area contributed by atoms with E-state index in [9.17, 15) is 14.4 Å². The normalized spacial score (nSPS) is 11.3. The maximum Gasteiger partial charge on any atom is 0.375 e. The largest absolute Gasteiger partial charge is 0.454 e. The minimum absolute atomic E-state index is 0.239. The Morgan fingerprint density at radius 2 is 1.60 bits per heavy atom. The third kappa shape index (κ3) is 5.99. The van der Waals surface area contributed by atoms with E-state index in [-0.39, 0.29) is 18.1 Å². The summed E-state index contributed by atoms with van der Waals surface area (Å²) in [5.74, 6) is -2.19. The third-order valence-corrected chi connectivity index (χ3v) is 1.61. The number of hydrogen-bond acceptors (Lipinski definition) is 4. The molecular weight excluding hydrogens is 196 g/mol. The standard InChI is InChI=1S/C11H18O4/c1-7(2)8(12)6-9(13)10(14)15-11(3,4)5/h7H,6H2,1-5H3. The van der Waals surface area contributed by atoms with Gasteiger partial charge in [0, 0.05) is 5.92 Å². The molecule has 0 aromatic rings. The molecule has 0 N–H and O–H groups in total. The van der Waals surface area contributed by atoms with Crippen LogP contribution in [-0.2, 0) is 19.1 Å². The molecule has 0 amide bonds. The van der Waals surface area contributed by atoms with Crippen LogP contribution in [0, 0.1) is 5.92 Å². The van der Waals surface area contributed by atoms with Gasteiger partial charge in [-0.15, -0.1) is 0 Å². The van der Waals surface area contributed by atoms with E-state index in [0.717, 1.165) is 0 Å². The number of carbonyl (C=O) groups is 3. The van der Waals surface area contributed by atoms with Gasteiger partial charge < -0.3 is 4.74 Å². The lowest BCUT2D eigenvalue weighted by Crippen LogP contribution is -2.30. The quantitative estimate of drug-likeness (QED) is 0.404. The van der Waals surface area contributed by atoms with Crippen molar-refractivity contribution in [2.45, 2.75) is 46.6 Å². The van der Waals surface area contributed by atoms with Crippen molar-refractivity contribution in [2.75, 3.05) is 0 Å². The van der Waals surface area contributed by atoms with E-state index in [1.165, 1.54) is 0 Å². The van der Waals surface area contributed by atoms with E-state index in [4.69, 9.17) is 4.74 Å². The second kappa shape index (κ2) is 5.05. The highest BCUT2D eigenvalue weighted by Gasteiger charge is 2.25. The number of rotatable bonds is 4. The van der Waals surface area contributed by atoms with Crippen LogP contribution in [0.25, 0.3) is 0 Å². The highest BCUT2D eigenvalue weighted by atomic mass is 16.6. The SMILES string of the molecule is CC(C)C(=O)CC(=O)C(=O)OC(C)(C)C. The van der Waals surface area contributed by atoms with Crippen molar-refractivity contribution < 1.29 is 19.1 Å². The summed E-state index contributed by atoms with van der Waals surface area (Å²) in [6.45, 7) is 8.38. The highest BCUT2D eigenvalue weighted by Crippen LogP contribution is 2.08. The zero-order valence-electron chi connectivity index (χ0n) is 9.92. The Morgan fingerprint density at radius 1 is 1.13 bits per heavy atom. The first-order valence-corrected chi connectivity index (χ1v) is 4.92. The van der Waals surface area contributed by atoms with Crippen molar-refractivity contribution in [3.05, 3.63) is 0 Å². The molecule has 0 heterocycles. The van der Waals surface area contributed by atoms with Crippen LogP contribution in [0.15, 0.2) is 0 Å². The summed E-state index contributed by atoms with van der Waals surface area (Å²) >= 11 is 0. The molecule has 4 heteroatoms. The van der Waals surface area contributed by atoms with Gasteiger partial charge in [-0.2, -0.15) is 0 Å². The van der Waals surface area contributed by atoms with E-state index in [1.807, 2.05) is 0 Å². The molecule has 0 aromatic heterocycles. The van der Waals surface area contributed by atoms with Gasteiger partial charge in [-0.1, -0.05) is 13.8 Å². The van der Waals surface area contributed by atoms with Crippen molar-refractivity contribution in [2.24, 2.45) is 5.92 Å². The number of esters is 1. The fourth-order valence-electron chi connectivity index (χ4n) is 0.770. The highest BCUT2D eigenvalue weighted by molar-refractivity contribution is 6.37. The molecule has 0 aromatic carbocycles. The van der Waals surface area contributed by atoms with Crippen LogP contribution in [0.3, 0.4) is 0 Å². The zero-order chi connectivity index (χ0) is 12.2. The fourth-order valence-corrected chi connectivity index (χ4v) is 0.770. The molecule has 0 aliphatic rings. The minimum Gasteiger partial charge on any atom is -0.454 e. The molecule has 86 valence electrons. The Balaban J connectivity index is 4.24. The van der Waals surface area contributed by atoms with Crippen molar-refractivity contribution in [3.63, 3.8) is 0 Å². The zero-order valence-corrected chi connectivity index (χ0v) is 9.92. The summed E-state index contributed by atoms with van der Waals surface area (Å²) in [4.78, 5) is 33.6. The van der Waals surface area contributed by atoms with Gasteiger partial charge in [0.15, 0.2) is 0 Å². The molecule has 0 unspecified atom stereocenters. The summed E-state index contributed by atoms with van der Waals surface area (Å²) < 4.78 is 4.84. The predicted octanol–water partition coefficient (Wildman–Crippen LogP) is 1.51. The van der Waals surface area contributed by atoms with E-state index < -0.39 is 17.4 Å². The number of carbonyl (C=O) groups excluding carboxylic acids is 3. The molecule has 0 saturated heterocycles. The van der Waals surface area contributed by atoms with Gasteiger partial charge >= 0.3 is 5.97 Å². The lowest BCUT2D eigenvalue weighted by atomic mass is 10.0. The van der Waals surface area contributed by atoms with Crippen LogP contribution in [0.2, 0.25) is 0 Å². The molecule has 0 aliphatic carbocycles. The summed E-state index contributed by atoms with van der Waals surface area (Å²) in [6, 6.07) is 0. The fraction of sp³-hybridized carbons (Fsp3) is 0.727. The average molecular weight is 214 g/mol. The maximum absolute atomic E-state index is 11.2. The first-order chi connectivity index (χ1) is 6.63. The van der Waals surface area contributed by atoms with E-state index in [1.54, 1.807) is 34.6 Å². The first kappa shape index (κ1) is 13.8. The summed E-state index contributed by atoms with van der Waals surface area (Å²) in [7, 11) is 0. The minimum atomic E-state index is -0.934. The summed E-state index contributed by atoms with van der Waals surface area (Å²) in [6.07, 6.45) is -0.368. The first-order valence-electron chi connectivity index (χ1n) is 4.92. The van der Waals surface area contributed by atoms with Gasteiger partial charge in [-0.25, -0.2) is 4.79 Å². The van der Waals surface area contributed by atoms with Gasteiger partial charge in [0.25, 0.3) is 0 Å². The smallest absolute Gasteiger partial charge is 0.375 e. The van der Waals surface area contributed by atoms with Gasteiger partial charge in [0.05, 0.1) is 6.42 Å². The van der Waals surface area contributed by atoms with Crippen molar-refractivity contribution in [3.8, 4) is 0 Å². The third-order valence-electron chi connectivity index (χ3n) is 1.61. The Labute approximate surface area is 90.0 Å². The second-order valence-corrected chi connectivity index (χ2v) is 4.72. The molecule has 0 aliphatic heterocycles. The van der Waals surface area contributed by atoms with Crippen molar-refractivity contribution in [1.82, 2.24) is 0 Å². The molecule has 0 radical (unpaired) electrons. The Bertz CT molecular complexity index is 271. The molecule has 4 nitrogen and oxygen atoms in total. The topological polar surface area (TPSA) is 60.4 Å². The molecule has 0 atom stereocenters. The van der Waals surface area contributed by atoms with E-state index >= 15 is 0 Å². The van der Waals surface area contributed by atoms with Gasteiger partial charge in [0.1, 0.15) is 11.4 Å². The van der Waals surface area contributed by atoms with Gasteiger partial charge in [-0.05, 0) is 20.8 Å².